The molecule has 3 aromatic rings. The molecule has 3 N–H and O–H groups in total. The van der Waals surface area contributed by atoms with Crippen LogP contribution in [0.2, 0.25) is 0 Å². The third kappa shape index (κ3) is 4.75. The molecule has 180 valence electrons. The number of aromatic carboxylic acids is 1. The number of alkyl carbamates (subject to hydrolysis) is 1. The van der Waals surface area contributed by atoms with Gasteiger partial charge in [-0.05, 0) is 60.2 Å². The number of amides is 2. The Kier molecular flexibility index (Phi) is 6.60. The van der Waals surface area contributed by atoms with Gasteiger partial charge in [-0.15, -0.1) is 0 Å². The first-order valence-electron chi connectivity index (χ1n) is 11.5. The quantitative estimate of drug-likeness (QED) is 0.431. The number of carboxylic acids is 1. The Morgan fingerprint density at radius 3 is 2.14 bits per heavy atom. The molecule has 4 rings (SSSR count). The van der Waals surface area contributed by atoms with Crippen molar-refractivity contribution in [3.63, 3.8) is 0 Å². The number of rotatable bonds is 7. The van der Waals surface area contributed by atoms with Crippen LogP contribution in [0, 0.1) is 6.92 Å². The molecule has 35 heavy (non-hydrogen) atoms. The maximum Gasteiger partial charge on any atom is 0.408 e. The van der Waals surface area contributed by atoms with Gasteiger partial charge in [0.1, 0.15) is 12.1 Å². The number of hydrogen-bond donors (Lipinski definition) is 3. The van der Waals surface area contributed by atoms with Gasteiger partial charge < -0.3 is 20.5 Å². The molecule has 7 nitrogen and oxygen atoms in total. The van der Waals surface area contributed by atoms with Crippen LogP contribution in [-0.4, -0.2) is 35.2 Å². The van der Waals surface area contributed by atoms with Crippen LogP contribution in [0.1, 0.15) is 53.2 Å². The lowest BCUT2D eigenvalue weighted by Gasteiger charge is -2.28. The smallest absolute Gasteiger partial charge is 0.408 e. The average Bonchev–Trinajstić information content (AvgIpc) is 3.17. The molecule has 0 saturated carbocycles. The van der Waals surface area contributed by atoms with E-state index in [4.69, 9.17) is 4.74 Å². The molecule has 0 saturated heterocycles. The third-order valence-electron chi connectivity index (χ3n) is 6.66. The van der Waals surface area contributed by atoms with Crippen molar-refractivity contribution in [3.8, 4) is 11.1 Å². The molecule has 1 aliphatic rings. The summed E-state index contributed by atoms with van der Waals surface area (Å²) >= 11 is 0. The monoisotopic (exact) mass is 472 g/mol. The molecule has 1 unspecified atom stereocenters. The molecule has 0 bridgehead atoms. The Bertz CT molecular complexity index is 1260. The lowest BCUT2D eigenvalue weighted by atomic mass is 9.97. The molecule has 0 fully saturated rings. The van der Waals surface area contributed by atoms with Gasteiger partial charge in [-0.25, -0.2) is 9.59 Å². The number of hydrogen-bond acceptors (Lipinski definition) is 4. The fourth-order valence-electron chi connectivity index (χ4n) is 4.32. The standard InChI is InChI=1S/C28H28N2O5/c1-4-28(3,26(33)29-24-15-18(25(31)32)14-13-17(24)2)30-27(34)35-16-23-21-11-7-5-9-19(21)20-10-6-8-12-22(20)23/h5-15,23H,4,16H2,1-3H3,(H,29,33)(H,30,34)(H,31,32). The highest BCUT2D eigenvalue weighted by molar-refractivity contribution is 6.01. The normalized spacial score (nSPS) is 13.8. The summed E-state index contributed by atoms with van der Waals surface area (Å²) in [6.07, 6.45) is -0.386. The van der Waals surface area contributed by atoms with E-state index in [2.05, 4.69) is 22.8 Å². The Labute approximate surface area is 204 Å². The number of aryl methyl sites for hydroxylation is 1. The second-order valence-electron chi connectivity index (χ2n) is 8.93. The van der Waals surface area contributed by atoms with Gasteiger partial charge in [0.05, 0.1) is 5.56 Å². The summed E-state index contributed by atoms with van der Waals surface area (Å²) in [5, 5.41) is 14.7. The van der Waals surface area contributed by atoms with Gasteiger partial charge in [-0.1, -0.05) is 61.5 Å². The summed E-state index contributed by atoms with van der Waals surface area (Å²) in [6, 6.07) is 20.6. The summed E-state index contributed by atoms with van der Waals surface area (Å²) in [6.45, 7) is 5.30. The molecule has 0 heterocycles. The molecule has 3 aromatic carbocycles. The molecule has 1 aliphatic carbocycles. The highest BCUT2D eigenvalue weighted by Gasteiger charge is 2.35. The number of benzene rings is 3. The van der Waals surface area contributed by atoms with Gasteiger partial charge in [0, 0.05) is 11.6 Å². The Balaban J connectivity index is 1.45. The molecule has 2 amide bonds. The second kappa shape index (κ2) is 9.62. The van der Waals surface area contributed by atoms with Crippen LogP contribution in [0.25, 0.3) is 11.1 Å². The third-order valence-corrected chi connectivity index (χ3v) is 6.66. The zero-order valence-electron chi connectivity index (χ0n) is 19.9. The molecule has 7 heteroatoms. The van der Waals surface area contributed by atoms with Crippen LogP contribution in [0.4, 0.5) is 10.5 Å². The van der Waals surface area contributed by atoms with E-state index in [9.17, 15) is 19.5 Å². The molecule has 0 radical (unpaired) electrons. The summed E-state index contributed by atoms with van der Waals surface area (Å²) in [4.78, 5) is 37.2. The number of carboxylic acid groups (broad SMARTS) is 1. The predicted octanol–water partition coefficient (Wildman–Crippen LogP) is 5.34. The predicted molar refractivity (Wildman–Crippen MR) is 134 cm³/mol. The number of carbonyl (C=O) groups is 3. The van der Waals surface area contributed by atoms with Crippen molar-refractivity contribution in [2.24, 2.45) is 0 Å². The molecule has 0 aliphatic heterocycles. The lowest BCUT2D eigenvalue weighted by Crippen LogP contribution is -2.54. The lowest BCUT2D eigenvalue weighted by molar-refractivity contribution is -0.121. The fraction of sp³-hybridized carbons (Fsp3) is 0.250. The largest absolute Gasteiger partial charge is 0.478 e. The minimum atomic E-state index is -1.26. The van der Waals surface area contributed by atoms with Crippen LogP contribution in [0.3, 0.4) is 0 Å². The van der Waals surface area contributed by atoms with Gasteiger partial charge in [0.2, 0.25) is 5.91 Å². The first-order chi connectivity index (χ1) is 16.7. The van der Waals surface area contributed by atoms with Crippen molar-refractivity contribution in [1.29, 1.82) is 0 Å². The van der Waals surface area contributed by atoms with Crippen molar-refractivity contribution in [2.75, 3.05) is 11.9 Å². The maximum absolute atomic E-state index is 13.1. The molecular formula is C28H28N2O5. The highest BCUT2D eigenvalue weighted by Crippen LogP contribution is 2.44. The van der Waals surface area contributed by atoms with E-state index < -0.39 is 23.5 Å². The van der Waals surface area contributed by atoms with Crippen molar-refractivity contribution in [3.05, 3.63) is 89.0 Å². The van der Waals surface area contributed by atoms with Crippen LogP contribution in [0.5, 0.6) is 0 Å². The van der Waals surface area contributed by atoms with Crippen molar-refractivity contribution < 1.29 is 24.2 Å². The molecular weight excluding hydrogens is 444 g/mol. The molecule has 1 atom stereocenters. The fourth-order valence-corrected chi connectivity index (χ4v) is 4.32. The van der Waals surface area contributed by atoms with Gasteiger partial charge in [0.25, 0.3) is 0 Å². The van der Waals surface area contributed by atoms with E-state index in [-0.39, 0.29) is 18.1 Å². The molecule has 0 spiro atoms. The number of nitrogens with one attached hydrogen (secondary N) is 2. The van der Waals surface area contributed by atoms with Gasteiger partial charge >= 0.3 is 12.1 Å². The number of anilines is 1. The summed E-state index contributed by atoms with van der Waals surface area (Å²) in [5.41, 5.74) is 4.37. The zero-order valence-corrected chi connectivity index (χ0v) is 19.9. The molecule has 0 aromatic heterocycles. The van der Waals surface area contributed by atoms with Crippen molar-refractivity contribution in [2.45, 2.75) is 38.6 Å². The summed E-state index contributed by atoms with van der Waals surface area (Å²) in [7, 11) is 0. The highest BCUT2D eigenvalue weighted by atomic mass is 16.5. The van der Waals surface area contributed by atoms with E-state index in [0.717, 1.165) is 22.3 Å². The van der Waals surface area contributed by atoms with Crippen LogP contribution in [-0.2, 0) is 9.53 Å². The van der Waals surface area contributed by atoms with E-state index in [1.54, 1.807) is 26.8 Å². The first-order valence-corrected chi connectivity index (χ1v) is 11.5. The Hall–Kier alpha value is -4.13. The van der Waals surface area contributed by atoms with E-state index in [1.165, 1.54) is 12.1 Å². The SMILES string of the molecule is CCC(C)(NC(=O)OCC1c2ccccc2-c2ccccc21)C(=O)Nc1cc(C(=O)O)ccc1C. The van der Waals surface area contributed by atoms with E-state index in [1.807, 2.05) is 36.4 Å². The second-order valence-corrected chi connectivity index (χ2v) is 8.93. The van der Waals surface area contributed by atoms with E-state index >= 15 is 0 Å². The first kappa shape index (κ1) is 24.0. The van der Waals surface area contributed by atoms with Crippen molar-refractivity contribution in [1.82, 2.24) is 5.32 Å². The Morgan fingerprint density at radius 2 is 1.57 bits per heavy atom. The number of ether oxygens (including phenoxy) is 1. The van der Waals surface area contributed by atoms with E-state index in [0.29, 0.717) is 17.7 Å². The minimum Gasteiger partial charge on any atom is -0.478 e. The Morgan fingerprint density at radius 1 is 0.971 bits per heavy atom. The average molecular weight is 473 g/mol. The minimum absolute atomic E-state index is 0.0635. The zero-order chi connectivity index (χ0) is 25.2. The topological polar surface area (TPSA) is 105 Å². The van der Waals surface area contributed by atoms with Gasteiger partial charge in [-0.3, -0.25) is 4.79 Å². The van der Waals surface area contributed by atoms with Crippen LogP contribution >= 0.6 is 0 Å². The van der Waals surface area contributed by atoms with Crippen molar-refractivity contribution >= 4 is 23.7 Å². The summed E-state index contributed by atoms with van der Waals surface area (Å²) in [5.74, 6) is -1.63. The maximum atomic E-state index is 13.1. The number of carbonyl (C=O) groups excluding carboxylic acids is 2. The summed E-state index contributed by atoms with van der Waals surface area (Å²) < 4.78 is 5.60. The van der Waals surface area contributed by atoms with Gasteiger partial charge in [-0.2, -0.15) is 0 Å². The van der Waals surface area contributed by atoms with Crippen LogP contribution < -0.4 is 10.6 Å². The number of fused-ring (bicyclic) bond motifs is 3. The van der Waals surface area contributed by atoms with Crippen LogP contribution in [0.15, 0.2) is 66.7 Å². The van der Waals surface area contributed by atoms with Gasteiger partial charge in [0.15, 0.2) is 0 Å².